The molecule has 66 valence electrons. The van der Waals surface area contributed by atoms with Gasteiger partial charge in [-0.05, 0) is 23.8 Å². The van der Waals surface area contributed by atoms with E-state index in [0.29, 0.717) is 11.1 Å². The molecule has 0 saturated heterocycles. The van der Waals surface area contributed by atoms with E-state index < -0.39 is 5.91 Å². The van der Waals surface area contributed by atoms with Crippen molar-refractivity contribution >= 4 is 11.8 Å². The van der Waals surface area contributed by atoms with Gasteiger partial charge in [-0.1, -0.05) is 0 Å². The fourth-order valence-electron chi connectivity index (χ4n) is 1.36. The number of carbonyl (C=O) groups excluding carboxylic acids is 2. The highest BCUT2D eigenvalue weighted by molar-refractivity contribution is 6.09. The molecule has 2 rings (SSSR count). The number of hydrogen-bond donors (Lipinski definition) is 2. The fourth-order valence-corrected chi connectivity index (χ4v) is 1.36. The molecule has 0 saturated carbocycles. The van der Waals surface area contributed by atoms with Crippen LogP contribution in [0.2, 0.25) is 0 Å². The van der Waals surface area contributed by atoms with E-state index in [9.17, 15) is 9.59 Å². The minimum absolute atomic E-state index is 0.0706. The molecule has 1 aromatic rings. The summed E-state index contributed by atoms with van der Waals surface area (Å²) in [5.74, 6) is -0.657. The van der Waals surface area contributed by atoms with Gasteiger partial charge in [-0.3, -0.25) is 14.9 Å². The summed E-state index contributed by atoms with van der Waals surface area (Å²) in [6, 6.07) is 4.37. The molecule has 1 aliphatic rings. The van der Waals surface area contributed by atoms with E-state index in [4.69, 9.17) is 5.11 Å². The molecule has 0 radical (unpaired) electrons. The third kappa shape index (κ3) is 1.26. The SMILES string of the molecule is O=C1Cc2cc(O)ccc2C(=O)N1. The number of fused-ring (bicyclic) bond motifs is 1. The molecule has 0 aliphatic carbocycles. The van der Waals surface area contributed by atoms with Gasteiger partial charge in [-0.15, -0.1) is 0 Å². The van der Waals surface area contributed by atoms with E-state index in [-0.39, 0.29) is 18.1 Å². The summed E-state index contributed by atoms with van der Waals surface area (Å²) in [5.41, 5.74) is 1.03. The van der Waals surface area contributed by atoms with Crippen LogP contribution in [0.5, 0.6) is 5.75 Å². The van der Waals surface area contributed by atoms with E-state index in [1.807, 2.05) is 0 Å². The van der Waals surface area contributed by atoms with E-state index in [2.05, 4.69) is 5.32 Å². The van der Waals surface area contributed by atoms with Crippen molar-refractivity contribution in [3.05, 3.63) is 29.3 Å². The molecule has 1 heterocycles. The lowest BCUT2D eigenvalue weighted by Gasteiger charge is -2.14. The Bertz CT molecular complexity index is 398. The van der Waals surface area contributed by atoms with Gasteiger partial charge in [0.1, 0.15) is 5.75 Å². The first kappa shape index (κ1) is 7.79. The Labute approximate surface area is 74.2 Å². The van der Waals surface area contributed by atoms with Gasteiger partial charge in [0.15, 0.2) is 0 Å². The Morgan fingerprint density at radius 2 is 2.08 bits per heavy atom. The maximum Gasteiger partial charge on any atom is 0.258 e. The highest BCUT2D eigenvalue weighted by Gasteiger charge is 2.21. The Morgan fingerprint density at radius 3 is 2.85 bits per heavy atom. The Morgan fingerprint density at radius 1 is 1.31 bits per heavy atom. The molecule has 0 aromatic heterocycles. The second-order valence-corrected chi connectivity index (χ2v) is 2.90. The summed E-state index contributed by atoms with van der Waals surface area (Å²) >= 11 is 0. The molecule has 13 heavy (non-hydrogen) atoms. The van der Waals surface area contributed by atoms with Crippen molar-refractivity contribution in [2.24, 2.45) is 0 Å². The number of nitrogens with one attached hydrogen (secondary N) is 1. The van der Waals surface area contributed by atoms with Gasteiger partial charge in [0.05, 0.1) is 6.42 Å². The summed E-state index contributed by atoms with van der Waals surface area (Å²) in [6.45, 7) is 0. The first-order valence-corrected chi connectivity index (χ1v) is 3.83. The molecule has 0 atom stereocenters. The Hall–Kier alpha value is -1.84. The van der Waals surface area contributed by atoms with Crippen molar-refractivity contribution in [2.75, 3.05) is 0 Å². The normalized spacial score (nSPS) is 15.1. The molecule has 0 spiro atoms. The average Bonchev–Trinajstić information content (AvgIpc) is 2.02. The van der Waals surface area contributed by atoms with Crippen LogP contribution in [0.25, 0.3) is 0 Å². The van der Waals surface area contributed by atoms with Crippen LogP contribution in [-0.4, -0.2) is 16.9 Å². The summed E-state index contributed by atoms with van der Waals surface area (Å²) in [6.07, 6.45) is 0.148. The second-order valence-electron chi connectivity index (χ2n) is 2.90. The second kappa shape index (κ2) is 2.58. The highest BCUT2D eigenvalue weighted by atomic mass is 16.3. The summed E-state index contributed by atoms with van der Waals surface area (Å²) < 4.78 is 0. The molecule has 4 nitrogen and oxygen atoms in total. The quantitative estimate of drug-likeness (QED) is 0.556. The molecule has 2 N–H and O–H groups in total. The Kier molecular flexibility index (Phi) is 1.55. The highest BCUT2D eigenvalue weighted by Crippen LogP contribution is 2.19. The zero-order valence-electron chi connectivity index (χ0n) is 6.70. The number of carbonyl (C=O) groups is 2. The lowest BCUT2D eigenvalue weighted by atomic mass is 10.00. The third-order valence-electron chi connectivity index (χ3n) is 1.94. The van der Waals surface area contributed by atoms with Crippen molar-refractivity contribution in [3.63, 3.8) is 0 Å². The first-order valence-electron chi connectivity index (χ1n) is 3.83. The zero-order valence-corrected chi connectivity index (χ0v) is 6.70. The maximum absolute atomic E-state index is 11.2. The zero-order chi connectivity index (χ0) is 9.42. The van der Waals surface area contributed by atoms with Crippen LogP contribution in [-0.2, 0) is 11.2 Å². The molecular weight excluding hydrogens is 170 g/mol. The van der Waals surface area contributed by atoms with Gasteiger partial charge in [0.2, 0.25) is 5.91 Å². The van der Waals surface area contributed by atoms with Crippen molar-refractivity contribution < 1.29 is 14.7 Å². The van der Waals surface area contributed by atoms with Gasteiger partial charge < -0.3 is 5.11 Å². The van der Waals surface area contributed by atoms with Crippen LogP contribution in [0.1, 0.15) is 15.9 Å². The number of aromatic hydroxyl groups is 1. The monoisotopic (exact) mass is 177 g/mol. The standard InChI is InChI=1S/C9H7NO3/c11-6-1-2-7-5(3-6)4-8(12)10-9(7)13/h1-3,11H,4H2,(H,10,12,13). The smallest absolute Gasteiger partial charge is 0.258 e. The number of phenolic OH excluding ortho intramolecular Hbond substituents is 1. The summed E-state index contributed by atoms with van der Waals surface area (Å²) in [5, 5.41) is 11.3. The van der Waals surface area contributed by atoms with Gasteiger partial charge in [0, 0.05) is 5.56 Å². The lowest BCUT2D eigenvalue weighted by Crippen LogP contribution is -2.37. The van der Waals surface area contributed by atoms with E-state index in [1.54, 1.807) is 0 Å². The number of phenols is 1. The minimum Gasteiger partial charge on any atom is -0.508 e. The molecule has 0 bridgehead atoms. The molecular formula is C9H7NO3. The predicted molar refractivity (Wildman–Crippen MR) is 44.3 cm³/mol. The molecule has 1 aromatic carbocycles. The van der Waals surface area contributed by atoms with E-state index >= 15 is 0 Å². The average molecular weight is 177 g/mol. The molecule has 2 amide bonds. The van der Waals surface area contributed by atoms with Crippen LogP contribution in [0.4, 0.5) is 0 Å². The van der Waals surface area contributed by atoms with Crippen molar-refractivity contribution in [1.29, 1.82) is 0 Å². The number of hydrogen-bond acceptors (Lipinski definition) is 3. The van der Waals surface area contributed by atoms with Gasteiger partial charge in [-0.25, -0.2) is 0 Å². The number of benzene rings is 1. The van der Waals surface area contributed by atoms with Crippen LogP contribution < -0.4 is 5.32 Å². The largest absolute Gasteiger partial charge is 0.508 e. The van der Waals surface area contributed by atoms with Crippen LogP contribution >= 0.6 is 0 Å². The molecule has 0 unspecified atom stereocenters. The van der Waals surface area contributed by atoms with Gasteiger partial charge in [0.25, 0.3) is 5.91 Å². The topological polar surface area (TPSA) is 66.4 Å². The van der Waals surface area contributed by atoms with Crippen LogP contribution in [0.3, 0.4) is 0 Å². The van der Waals surface area contributed by atoms with Gasteiger partial charge >= 0.3 is 0 Å². The number of amides is 2. The summed E-state index contributed by atoms with van der Waals surface area (Å²) in [7, 11) is 0. The van der Waals surface area contributed by atoms with Crippen LogP contribution in [0.15, 0.2) is 18.2 Å². The predicted octanol–water partition coefficient (Wildman–Crippen LogP) is 0.205. The molecule has 0 fully saturated rings. The third-order valence-corrected chi connectivity index (χ3v) is 1.94. The minimum atomic E-state index is -0.397. The number of imide groups is 1. The van der Waals surface area contributed by atoms with E-state index in [1.165, 1.54) is 18.2 Å². The fraction of sp³-hybridized carbons (Fsp3) is 0.111. The Balaban J connectivity index is 2.55. The number of rotatable bonds is 0. The van der Waals surface area contributed by atoms with Crippen molar-refractivity contribution in [3.8, 4) is 5.75 Å². The van der Waals surface area contributed by atoms with Gasteiger partial charge in [-0.2, -0.15) is 0 Å². The molecule has 4 heteroatoms. The van der Waals surface area contributed by atoms with E-state index in [0.717, 1.165) is 0 Å². The molecule has 1 aliphatic heterocycles. The lowest BCUT2D eigenvalue weighted by molar-refractivity contribution is -0.119. The maximum atomic E-state index is 11.2. The summed E-state index contributed by atoms with van der Waals surface area (Å²) in [4.78, 5) is 22.1. The van der Waals surface area contributed by atoms with Crippen LogP contribution in [0, 0.1) is 0 Å². The van der Waals surface area contributed by atoms with Crippen molar-refractivity contribution in [1.82, 2.24) is 5.32 Å². The first-order chi connectivity index (χ1) is 6.16. The van der Waals surface area contributed by atoms with Crippen molar-refractivity contribution in [2.45, 2.75) is 6.42 Å².